The lowest BCUT2D eigenvalue weighted by molar-refractivity contribution is -0.186. The minimum absolute atomic E-state index is 0.133. The van der Waals surface area contributed by atoms with E-state index in [-0.39, 0.29) is 38.9 Å². The molecule has 0 saturated heterocycles. The Kier molecular flexibility index (Phi) is 4.99. The van der Waals surface area contributed by atoms with E-state index in [0.29, 0.717) is 23.5 Å². The highest BCUT2D eigenvalue weighted by atomic mass is 16.4. The van der Waals surface area contributed by atoms with E-state index in [9.17, 15) is 14.7 Å². The highest BCUT2D eigenvalue weighted by molar-refractivity contribution is 5.85. The topological polar surface area (TPSA) is 54.4 Å². The summed E-state index contributed by atoms with van der Waals surface area (Å²) >= 11 is 0. The third-order valence-electron chi connectivity index (χ3n) is 13.1. The lowest BCUT2D eigenvalue weighted by Gasteiger charge is -2.71. The van der Waals surface area contributed by atoms with Crippen LogP contribution in [-0.4, -0.2) is 16.9 Å². The summed E-state index contributed by atoms with van der Waals surface area (Å²) in [6, 6.07) is 0. The smallest absolute Gasteiger partial charge is 0.306 e. The minimum atomic E-state index is -0.598. The number of carbonyl (C=O) groups is 2. The number of rotatable bonds is 1. The number of carbonyl (C=O) groups excluding carboxylic acids is 1. The van der Waals surface area contributed by atoms with Crippen LogP contribution in [0.4, 0.5) is 0 Å². The Labute approximate surface area is 201 Å². The number of carboxylic acids is 1. The predicted molar refractivity (Wildman–Crippen MR) is 132 cm³/mol. The third kappa shape index (κ3) is 2.80. The molecule has 4 saturated carbocycles. The summed E-state index contributed by atoms with van der Waals surface area (Å²) in [7, 11) is 0. The number of Topliss-reactive ketones (excluding diaryl/α,β-unsaturated/α-hetero) is 1. The molecule has 0 aromatic heterocycles. The van der Waals surface area contributed by atoms with Crippen molar-refractivity contribution in [1.29, 1.82) is 0 Å². The van der Waals surface area contributed by atoms with Gasteiger partial charge in [-0.1, -0.05) is 60.1 Å². The highest BCUT2D eigenvalue weighted by Gasteiger charge is 2.68. The van der Waals surface area contributed by atoms with Crippen molar-refractivity contribution >= 4 is 11.8 Å². The van der Waals surface area contributed by atoms with Gasteiger partial charge in [-0.15, -0.1) is 0 Å². The van der Waals surface area contributed by atoms with Crippen LogP contribution in [-0.2, 0) is 9.59 Å². The van der Waals surface area contributed by atoms with Crippen LogP contribution in [0.5, 0.6) is 0 Å². The molecule has 5 aliphatic rings. The van der Waals surface area contributed by atoms with Crippen LogP contribution in [0, 0.1) is 56.7 Å². The molecule has 0 aliphatic heterocycles. The van der Waals surface area contributed by atoms with E-state index in [2.05, 4.69) is 54.5 Å². The van der Waals surface area contributed by atoms with Crippen LogP contribution in [0.3, 0.4) is 0 Å². The van der Waals surface area contributed by atoms with E-state index >= 15 is 0 Å². The standard InChI is InChI=1S/C30H46O3/c1-18-19(25(32)33)10-13-27(4)16-17-29(6)20(24(18)27)8-9-22-28(5)14-12-23(31)26(2,3)21(28)11-15-30(22,29)7/h8,18-19,21-22,24H,9-17H2,1-7H3,(H,32,33)/t18-,19+,21-,22+,24+,27+,28-,29+,30+/m0/s1. The summed E-state index contributed by atoms with van der Waals surface area (Å²) in [4.78, 5) is 25.0. The Morgan fingerprint density at radius 3 is 2.30 bits per heavy atom. The third-order valence-corrected chi connectivity index (χ3v) is 13.1. The quantitative estimate of drug-likeness (QED) is 0.423. The molecule has 0 heterocycles. The molecule has 33 heavy (non-hydrogen) atoms. The molecule has 5 aliphatic carbocycles. The average molecular weight is 455 g/mol. The SMILES string of the molecule is C[C@H]1[C@H](C(=O)O)CC[C@]2(C)CC[C@]3(C)C(=CC[C@@H]4[C@@]5(C)CCC(=O)C(C)(C)[C@@H]5CC[C@]43C)[C@@H]12. The summed E-state index contributed by atoms with van der Waals surface area (Å²) in [6.07, 6.45) is 12.2. The fraction of sp³-hybridized carbons (Fsp3) is 0.867. The first-order valence-corrected chi connectivity index (χ1v) is 13.7. The van der Waals surface area contributed by atoms with Gasteiger partial charge in [-0.2, -0.15) is 0 Å². The van der Waals surface area contributed by atoms with Crippen molar-refractivity contribution in [2.75, 3.05) is 0 Å². The maximum Gasteiger partial charge on any atom is 0.306 e. The van der Waals surface area contributed by atoms with Gasteiger partial charge in [0.15, 0.2) is 0 Å². The van der Waals surface area contributed by atoms with Crippen molar-refractivity contribution in [3.63, 3.8) is 0 Å². The average Bonchev–Trinajstić information content (AvgIpc) is 2.72. The Balaban J connectivity index is 1.59. The molecule has 3 heteroatoms. The molecule has 1 N–H and O–H groups in total. The van der Waals surface area contributed by atoms with E-state index in [0.717, 1.165) is 38.5 Å². The summed E-state index contributed by atoms with van der Waals surface area (Å²) in [6.45, 7) is 16.8. The molecule has 4 fully saturated rings. The van der Waals surface area contributed by atoms with Gasteiger partial charge in [0, 0.05) is 11.8 Å². The van der Waals surface area contributed by atoms with Crippen LogP contribution in [0.2, 0.25) is 0 Å². The normalized spacial score (nSPS) is 53.1. The second kappa shape index (κ2) is 6.97. The molecule has 3 nitrogen and oxygen atoms in total. The maximum absolute atomic E-state index is 12.9. The molecular formula is C30H46O3. The Bertz CT molecular complexity index is 916. The number of carboxylic acid groups (broad SMARTS) is 1. The second-order valence-corrected chi connectivity index (χ2v) is 14.4. The molecule has 0 aromatic carbocycles. The molecule has 9 atom stereocenters. The molecule has 0 aromatic rings. The van der Waals surface area contributed by atoms with Crippen molar-refractivity contribution in [3.8, 4) is 0 Å². The first-order valence-electron chi connectivity index (χ1n) is 13.7. The Hall–Kier alpha value is -1.12. The first kappa shape index (κ1) is 23.6. The van der Waals surface area contributed by atoms with Gasteiger partial charge in [-0.3, -0.25) is 9.59 Å². The molecule has 0 bridgehead atoms. The number of ketones is 1. The van der Waals surface area contributed by atoms with E-state index in [1.165, 1.54) is 19.3 Å². The van der Waals surface area contributed by atoms with Gasteiger partial charge in [0.05, 0.1) is 5.92 Å². The first-order chi connectivity index (χ1) is 15.2. The van der Waals surface area contributed by atoms with Gasteiger partial charge in [0.25, 0.3) is 0 Å². The summed E-state index contributed by atoms with van der Waals surface area (Å²) in [5, 5.41) is 9.97. The van der Waals surface area contributed by atoms with Gasteiger partial charge in [0.2, 0.25) is 0 Å². The van der Waals surface area contributed by atoms with E-state index in [4.69, 9.17) is 0 Å². The van der Waals surface area contributed by atoms with Crippen LogP contribution in [0.25, 0.3) is 0 Å². The molecule has 5 rings (SSSR count). The van der Waals surface area contributed by atoms with E-state index in [1.54, 1.807) is 5.57 Å². The van der Waals surface area contributed by atoms with Crippen LogP contribution in [0.15, 0.2) is 11.6 Å². The molecule has 0 unspecified atom stereocenters. The van der Waals surface area contributed by atoms with Crippen molar-refractivity contribution in [1.82, 2.24) is 0 Å². The highest BCUT2D eigenvalue weighted by Crippen LogP contribution is 2.75. The van der Waals surface area contributed by atoms with E-state index in [1.807, 2.05) is 0 Å². The van der Waals surface area contributed by atoms with E-state index < -0.39 is 5.97 Å². The van der Waals surface area contributed by atoms with Crippen molar-refractivity contribution in [2.24, 2.45) is 56.7 Å². The van der Waals surface area contributed by atoms with Gasteiger partial charge in [-0.25, -0.2) is 0 Å². The Morgan fingerprint density at radius 1 is 0.939 bits per heavy atom. The number of fused-ring (bicyclic) bond motifs is 7. The maximum atomic E-state index is 12.9. The zero-order valence-corrected chi connectivity index (χ0v) is 22.1. The molecule has 0 amide bonds. The number of aliphatic carboxylic acids is 1. The largest absolute Gasteiger partial charge is 0.481 e. The Morgan fingerprint density at radius 2 is 1.64 bits per heavy atom. The van der Waals surface area contributed by atoms with Gasteiger partial charge in [0.1, 0.15) is 5.78 Å². The summed E-state index contributed by atoms with van der Waals surface area (Å²) in [5.74, 6) is 1.32. The van der Waals surface area contributed by atoms with Crippen LogP contribution >= 0.6 is 0 Å². The zero-order chi connectivity index (χ0) is 24.2. The van der Waals surface area contributed by atoms with Gasteiger partial charge in [-0.05, 0) is 96.7 Å². The predicted octanol–water partition coefficient (Wildman–Crippen LogP) is 7.30. The molecule has 0 radical (unpaired) electrons. The molecular weight excluding hydrogens is 408 g/mol. The second-order valence-electron chi connectivity index (χ2n) is 14.4. The fourth-order valence-electron chi connectivity index (χ4n) is 10.8. The van der Waals surface area contributed by atoms with Crippen LogP contribution < -0.4 is 0 Å². The molecule has 184 valence electrons. The zero-order valence-electron chi connectivity index (χ0n) is 22.1. The minimum Gasteiger partial charge on any atom is -0.481 e. The lowest BCUT2D eigenvalue weighted by atomic mass is 9.33. The van der Waals surface area contributed by atoms with Crippen molar-refractivity contribution < 1.29 is 14.7 Å². The van der Waals surface area contributed by atoms with Crippen LogP contribution in [0.1, 0.15) is 106 Å². The number of hydrogen-bond acceptors (Lipinski definition) is 2. The van der Waals surface area contributed by atoms with Gasteiger partial charge < -0.3 is 5.11 Å². The lowest BCUT2D eigenvalue weighted by Crippen LogP contribution is -2.64. The summed E-state index contributed by atoms with van der Waals surface area (Å²) < 4.78 is 0. The van der Waals surface area contributed by atoms with Crippen molar-refractivity contribution in [3.05, 3.63) is 11.6 Å². The summed E-state index contributed by atoms with van der Waals surface area (Å²) in [5.41, 5.74) is 2.20. The fourth-order valence-corrected chi connectivity index (χ4v) is 10.8. The monoisotopic (exact) mass is 454 g/mol. The van der Waals surface area contributed by atoms with Gasteiger partial charge >= 0.3 is 5.97 Å². The molecule has 0 spiro atoms. The number of allylic oxidation sites excluding steroid dienone is 2. The van der Waals surface area contributed by atoms with Crippen molar-refractivity contribution in [2.45, 2.75) is 106 Å². The number of hydrogen-bond donors (Lipinski definition) is 1.